The fourth-order valence-corrected chi connectivity index (χ4v) is 5.89. The van der Waals surface area contributed by atoms with Crippen molar-refractivity contribution in [3.05, 3.63) is 0 Å². The monoisotopic (exact) mass is 681 g/mol. The number of likely N-dealkylation sites (N-methyl/N-ethyl adjacent to an activating group) is 3. The van der Waals surface area contributed by atoms with Crippen LogP contribution in [0.3, 0.4) is 0 Å². The van der Waals surface area contributed by atoms with E-state index in [1.807, 2.05) is 27.7 Å². The fraction of sp³-hybridized carbons (Fsp3) is 0.833. The van der Waals surface area contributed by atoms with E-state index in [0.29, 0.717) is 12.8 Å². The molecule has 0 aromatic rings. The Morgan fingerprint density at radius 1 is 0.500 bits per heavy atom. The Balaban J connectivity index is 4.02. The lowest BCUT2D eigenvalue weighted by atomic mass is 9.95. The minimum atomic E-state index is -1.28. The third-order valence-corrected chi connectivity index (χ3v) is 9.44. The van der Waals surface area contributed by atoms with Gasteiger partial charge in [-0.05, 0) is 41.9 Å². The number of rotatable bonds is 9. The van der Waals surface area contributed by atoms with Gasteiger partial charge >= 0.3 is 17.9 Å². The molecular formula is C36H63N3O9. The largest absolute Gasteiger partial charge is 0.450 e. The summed E-state index contributed by atoms with van der Waals surface area (Å²) in [6, 6.07) is -3.29. The van der Waals surface area contributed by atoms with Crippen molar-refractivity contribution < 1.29 is 43.0 Å². The lowest BCUT2D eigenvalue weighted by Crippen LogP contribution is -2.57. The second kappa shape index (κ2) is 18.5. The molecule has 1 rings (SSSR count). The van der Waals surface area contributed by atoms with Crippen molar-refractivity contribution in [1.82, 2.24) is 14.7 Å². The molecule has 48 heavy (non-hydrogen) atoms. The van der Waals surface area contributed by atoms with Crippen molar-refractivity contribution in [2.45, 2.75) is 139 Å². The molecule has 0 aromatic carbocycles. The molecule has 8 atom stereocenters. The highest BCUT2D eigenvalue weighted by molar-refractivity contribution is 5.94. The van der Waals surface area contributed by atoms with E-state index in [0.717, 1.165) is 0 Å². The third kappa shape index (κ3) is 10.4. The van der Waals surface area contributed by atoms with Gasteiger partial charge in [0, 0.05) is 21.1 Å². The molecule has 2 unspecified atom stereocenters. The first-order chi connectivity index (χ1) is 22.1. The van der Waals surface area contributed by atoms with Crippen molar-refractivity contribution >= 4 is 35.6 Å². The van der Waals surface area contributed by atoms with Crippen LogP contribution in [-0.4, -0.2) is 108 Å². The van der Waals surface area contributed by atoms with Gasteiger partial charge in [0.2, 0.25) is 0 Å². The van der Waals surface area contributed by atoms with Gasteiger partial charge in [-0.25, -0.2) is 14.4 Å². The van der Waals surface area contributed by atoms with Gasteiger partial charge in [-0.15, -0.1) is 0 Å². The molecule has 1 aliphatic rings. The summed E-state index contributed by atoms with van der Waals surface area (Å²) in [5.41, 5.74) is 0. The van der Waals surface area contributed by atoms with Crippen LogP contribution >= 0.6 is 0 Å². The van der Waals surface area contributed by atoms with E-state index < -0.39 is 89.8 Å². The molecule has 0 bridgehead atoms. The van der Waals surface area contributed by atoms with E-state index >= 15 is 0 Å². The number of carbonyl (C=O) groups is 6. The smallest absolute Gasteiger partial charge is 0.329 e. The summed E-state index contributed by atoms with van der Waals surface area (Å²) in [6.07, 6.45) is -2.59. The van der Waals surface area contributed by atoms with Gasteiger partial charge in [-0.1, -0.05) is 95.9 Å². The van der Waals surface area contributed by atoms with Crippen LogP contribution in [0.5, 0.6) is 0 Å². The average Bonchev–Trinajstić information content (AvgIpc) is 3.01. The summed E-state index contributed by atoms with van der Waals surface area (Å²) < 4.78 is 17.7. The zero-order valence-corrected chi connectivity index (χ0v) is 32.1. The molecule has 1 aliphatic heterocycles. The van der Waals surface area contributed by atoms with Crippen LogP contribution in [-0.2, 0) is 43.0 Å². The Labute approximate surface area is 288 Å². The lowest BCUT2D eigenvalue weighted by molar-refractivity contribution is -0.181. The molecule has 12 heteroatoms. The van der Waals surface area contributed by atoms with E-state index in [-0.39, 0.29) is 24.2 Å². The first-order valence-corrected chi connectivity index (χ1v) is 17.6. The van der Waals surface area contributed by atoms with Crippen molar-refractivity contribution in [2.24, 2.45) is 35.5 Å². The Morgan fingerprint density at radius 2 is 0.792 bits per heavy atom. The summed E-state index contributed by atoms with van der Waals surface area (Å²) in [7, 11) is 4.38. The van der Waals surface area contributed by atoms with Crippen molar-refractivity contribution in [3.8, 4) is 0 Å². The maximum absolute atomic E-state index is 14.1. The Morgan fingerprint density at radius 3 is 1.06 bits per heavy atom. The Hall–Kier alpha value is -3.18. The van der Waals surface area contributed by atoms with Crippen molar-refractivity contribution in [2.75, 3.05) is 21.1 Å². The lowest BCUT2D eigenvalue weighted by Gasteiger charge is -2.38. The summed E-state index contributed by atoms with van der Waals surface area (Å²) in [6.45, 7) is 21.5. The van der Waals surface area contributed by atoms with Crippen LogP contribution in [0.2, 0.25) is 0 Å². The number of cyclic esters (lactones) is 3. The van der Waals surface area contributed by atoms with Crippen molar-refractivity contribution in [1.29, 1.82) is 0 Å². The van der Waals surface area contributed by atoms with E-state index in [2.05, 4.69) is 0 Å². The Bertz CT molecular complexity index is 1120. The van der Waals surface area contributed by atoms with E-state index in [9.17, 15) is 28.8 Å². The molecule has 12 nitrogen and oxygen atoms in total. The van der Waals surface area contributed by atoms with Gasteiger partial charge < -0.3 is 28.9 Å². The standard InChI is InChI=1S/C36H63N3O9/c1-16-23(11)26-35(44)47-28(20(5)6)31(40)37(13)25(18-19(3)4)34(43)46-29(21(7)8)32(41)38(14)27(24(12)17-2)36(45)48-30(22(9)10)33(42)39(26)15/h19-30H,16-18H2,1-15H3/t23?,24?,25-,26-,27-,28+,29+,30+/m0/s1. The van der Waals surface area contributed by atoms with Gasteiger partial charge in [0.1, 0.15) is 18.1 Å². The molecule has 1 saturated heterocycles. The van der Waals surface area contributed by atoms with Crippen LogP contribution in [0.4, 0.5) is 0 Å². The molecule has 1 heterocycles. The highest BCUT2D eigenvalue weighted by Gasteiger charge is 2.45. The van der Waals surface area contributed by atoms with Crippen LogP contribution in [0.15, 0.2) is 0 Å². The number of esters is 3. The maximum Gasteiger partial charge on any atom is 0.329 e. The highest BCUT2D eigenvalue weighted by Crippen LogP contribution is 2.26. The first-order valence-electron chi connectivity index (χ1n) is 17.6. The average molecular weight is 682 g/mol. The first kappa shape index (κ1) is 42.8. The number of hydrogen-bond donors (Lipinski definition) is 0. The number of nitrogens with zero attached hydrogens (tertiary/aromatic N) is 3. The number of hydrogen-bond acceptors (Lipinski definition) is 9. The molecule has 1 fully saturated rings. The van der Waals surface area contributed by atoms with Crippen LogP contribution < -0.4 is 0 Å². The number of amides is 3. The molecule has 0 saturated carbocycles. The summed E-state index contributed by atoms with van der Waals surface area (Å²) >= 11 is 0. The van der Waals surface area contributed by atoms with Crippen LogP contribution in [0.1, 0.15) is 102 Å². The summed E-state index contributed by atoms with van der Waals surface area (Å²) in [5, 5.41) is 0. The second-order valence-corrected chi connectivity index (χ2v) is 15.0. The molecule has 0 spiro atoms. The molecule has 0 aliphatic carbocycles. The van der Waals surface area contributed by atoms with Crippen molar-refractivity contribution in [3.63, 3.8) is 0 Å². The quantitative estimate of drug-likeness (QED) is 0.257. The number of carbonyl (C=O) groups excluding carboxylic acids is 6. The summed E-state index contributed by atoms with van der Waals surface area (Å²) in [5.74, 6) is -6.39. The topological polar surface area (TPSA) is 140 Å². The SMILES string of the molecule is CCC(C)[C@H]1C(=O)O[C@H](C(C)C)C(=O)N(C)[C@@H](CC(C)C)C(=O)O[C@H](C(C)C)C(=O)N(C)[C@@H](C(C)CC)C(=O)O[C@H](C(C)C)C(=O)N1C. The van der Waals surface area contributed by atoms with Gasteiger partial charge in [0.15, 0.2) is 18.3 Å². The molecule has 276 valence electrons. The molecular weight excluding hydrogens is 618 g/mol. The van der Waals surface area contributed by atoms with E-state index in [1.165, 1.54) is 35.8 Å². The van der Waals surface area contributed by atoms with Gasteiger partial charge in [0.05, 0.1) is 0 Å². The highest BCUT2D eigenvalue weighted by atomic mass is 16.6. The molecule has 0 aromatic heterocycles. The fourth-order valence-electron chi connectivity index (χ4n) is 5.89. The Kier molecular flexibility index (Phi) is 16.6. The summed E-state index contributed by atoms with van der Waals surface area (Å²) in [4.78, 5) is 87.7. The zero-order chi connectivity index (χ0) is 37.4. The van der Waals surface area contributed by atoms with Crippen LogP contribution in [0, 0.1) is 35.5 Å². The van der Waals surface area contributed by atoms with E-state index in [1.54, 1.807) is 55.4 Å². The predicted octanol–water partition coefficient (Wildman–Crippen LogP) is 4.32. The minimum absolute atomic E-state index is 0.0421. The second-order valence-electron chi connectivity index (χ2n) is 15.0. The van der Waals surface area contributed by atoms with Gasteiger partial charge in [-0.2, -0.15) is 0 Å². The van der Waals surface area contributed by atoms with Crippen LogP contribution in [0.25, 0.3) is 0 Å². The third-order valence-electron chi connectivity index (χ3n) is 9.44. The molecule has 3 amide bonds. The molecule has 0 N–H and O–H groups in total. The predicted molar refractivity (Wildman–Crippen MR) is 182 cm³/mol. The maximum atomic E-state index is 14.1. The van der Waals surface area contributed by atoms with Gasteiger partial charge in [-0.3, -0.25) is 14.4 Å². The number of ether oxygens (including phenoxy) is 3. The van der Waals surface area contributed by atoms with E-state index in [4.69, 9.17) is 14.2 Å². The van der Waals surface area contributed by atoms with Gasteiger partial charge in [0.25, 0.3) is 17.7 Å². The minimum Gasteiger partial charge on any atom is -0.450 e. The zero-order valence-electron chi connectivity index (χ0n) is 32.1. The normalized spacial score (nSPS) is 27.7. The molecule has 0 radical (unpaired) electrons.